The van der Waals surface area contributed by atoms with E-state index in [0.29, 0.717) is 19.7 Å². The van der Waals surface area contributed by atoms with Gasteiger partial charge in [-0.15, -0.1) is 0 Å². The number of amides is 2. The lowest BCUT2D eigenvalue weighted by Gasteiger charge is -2.16. The quantitative estimate of drug-likeness (QED) is 0.881. The fraction of sp³-hybridized carbons (Fsp3) is 0.467. The zero-order valence-corrected chi connectivity index (χ0v) is 13.8. The fourth-order valence-corrected chi connectivity index (χ4v) is 2.58. The Bertz CT molecular complexity index is 548. The van der Waals surface area contributed by atoms with E-state index in [1.807, 2.05) is 25.1 Å². The molecule has 1 N–H and O–H groups in total. The van der Waals surface area contributed by atoms with E-state index < -0.39 is 0 Å². The maximum atomic E-state index is 12.2. The first-order valence-corrected chi connectivity index (χ1v) is 7.64. The molecule has 0 saturated carbocycles. The fourth-order valence-electron chi connectivity index (χ4n) is 2.33. The van der Waals surface area contributed by atoms with Gasteiger partial charge in [-0.1, -0.05) is 15.9 Å². The molecule has 1 heterocycles. The summed E-state index contributed by atoms with van der Waals surface area (Å²) < 4.78 is 5.97. The van der Waals surface area contributed by atoms with Crippen molar-refractivity contribution in [2.24, 2.45) is 5.92 Å². The van der Waals surface area contributed by atoms with Crippen LogP contribution in [0, 0.1) is 12.8 Å². The summed E-state index contributed by atoms with van der Waals surface area (Å²) in [4.78, 5) is 25.8. The highest BCUT2D eigenvalue weighted by atomic mass is 79.9. The van der Waals surface area contributed by atoms with Crippen LogP contribution < -0.4 is 5.32 Å². The molecule has 6 heteroatoms. The van der Waals surface area contributed by atoms with Crippen LogP contribution in [0.25, 0.3) is 0 Å². The Hall–Kier alpha value is -1.40. The second kappa shape index (κ2) is 7.04. The van der Waals surface area contributed by atoms with Crippen molar-refractivity contribution in [3.8, 4) is 0 Å². The number of carbonyl (C=O) groups is 2. The number of anilines is 1. The van der Waals surface area contributed by atoms with Gasteiger partial charge in [0.2, 0.25) is 11.8 Å². The van der Waals surface area contributed by atoms with Crippen LogP contribution in [0.4, 0.5) is 5.69 Å². The van der Waals surface area contributed by atoms with Crippen molar-refractivity contribution in [1.29, 1.82) is 0 Å². The molecule has 0 radical (unpaired) electrons. The van der Waals surface area contributed by atoms with Gasteiger partial charge < -0.3 is 15.0 Å². The van der Waals surface area contributed by atoms with Crippen molar-refractivity contribution in [1.82, 2.24) is 4.90 Å². The third-order valence-corrected chi connectivity index (χ3v) is 4.47. The first-order chi connectivity index (χ1) is 10.0. The summed E-state index contributed by atoms with van der Waals surface area (Å²) in [5.74, 6) is -0.387. The summed E-state index contributed by atoms with van der Waals surface area (Å²) in [6.07, 6.45) is 0.269. The molecule has 1 aliphatic heterocycles. The molecule has 1 aliphatic rings. The van der Waals surface area contributed by atoms with Crippen molar-refractivity contribution in [3.05, 3.63) is 28.2 Å². The van der Waals surface area contributed by atoms with Gasteiger partial charge in [-0.25, -0.2) is 0 Å². The zero-order chi connectivity index (χ0) is 15.4. The average Bonchev–Trinajstić information content (AvgIpc) is 2.82. The Labute approximate surface area is 132 Å². The number of aryl methyl sites for hydroxylation is 1. The van der Waals surface area contributed by atoms with E-state index in [2.05, 4.69) is 21.2 Å². The number of halogens is 1. The normalized spacial score (nSPS) is 18.1. The SMILES string of the molecule is COCCN1CC(C(=O)Nc2ccc(Br)c(C)c2)CC1=O. The number of methoxy groups -OCH3 is 1. The first-order valence-electron chi connectivity index (χ1n) is 6.85. The first kappa shape index (κ1) is 16.0. The van der Waals surface area contributed by atoms with Crippen LogP contribution in [0.15, 0.2) is 22.7 Å². The monoisotopic (exact) mass is 354 g/mol. The number of nitrogens with one attached hydrogen (secondary N) is 1. The van der Waals surface area contributed by atoms with E-state index in [1.54, 1.807) is 12.0 Å². The van der Waals surface area contributed by atoms with Crippen LogP contribution >= 0.6 is 15.9 Å². The third kappa shape index (κ3) is 4.04. The molecule has 0 spiro atoms. The molecule has 114 valence electrons. The van der Waals surface area contributed by atoms with Crippen LogP contribution in [-0.4, -0.2) is 43.5 Å². The summed E-state index contributed by atoms with van der Waals surface area (Å²) in [5.41, 5.74) is 1.81. The van der Waals surface area contributed by atoms with Crippen molar-refractivity contribution in [2.75, 3.05) is 32.1 Å². The number of nitrogens with zero attached hydrogens (tertiary/aromatic N) is 1. The maximum absolute atomic E-state index is 12.2. The second-order valence-corrected chi connectivity index (χ2v) is 6.04. The lowest BCUT2D eigenvalue weighted by molar-refractivity contribution is -0.128. The Morgan fingerprint density at radius 1 is 1.52 bits per heavy atom. The third-order valence-electron chi connectivity index (χ3n) is 3.58. The highest BCUT2D eigenvalue weighted by Crippen LogP contribution is 2.23. The van der Waals surface area contributed by atoms with Gasteiger partial charge >= 0.3 is 0 Å². The van der Waals surface area contributed by atoms with E-state index in [4.69, 9.17) is 4.74 Å². The molecule has 2 rings (SSSR count). The van der Waals surface area contributed by atoms with Gasteiger partial charge in [0.1, 0.15) is 0 Å². The number of rotatable bonds is 5. The minimum absolute atomic E-state index is 0.0131. The number of hydrogen-bond acceptors (Lipinski definition) is 3. The van der Waals surface area contributed by atoms with E-state index in [9.17, 15) is 9.59 Å². The molecule has 1 unspecified atom stereocenters. The number of hydrogen-bond donors (Lipinski definition) is 1. The van der Waals surface area contributed by atoms with Crippen LogP contribution in [0.2, 0.25) is 0 Å². The molecule has 1 aromatic carbocycles. The molecule has 5 nitrogen and oxygen atoms in total. The zero-order valence-electron chi connectivity index (χ0n) is 12.2. The van der Waals surface area contributed by atoms with Crippen LogP contribution in [-0.2, 0) is 14.3 Å². The number of carbonyl (C=O) groups excluding carboxylic acids is 2. The van der Waals surface area contributed by atoms with Gasteiger partial charge in [0.05, 0.1) is 12.5 Å². The molecule has 1 atom stereocenters. The molecular weight excluding hydrogens is 336 g/mol. The summed E-state index contributed by atoms with van der Waals surface area (Å²) in [6, 6.07) is 5.64. The van der Waals surface area contributed by atoms with E-state index in [0.717, 1.165) is 15.7 Å². The predicted octanol–water partition coefficient (Wildman–Crippen LogP) is 2.19. The van der Waals surface area contributed by atoms with Gasteiger partial charge in [-0.3, -0.25) is 9.59 Å². The van der Waals surface area contributed by atoms with E-state index in [-0.39, 0.29) is 24.2 Å². The van der Waals surface area contributed by atoms with Gasteiger partial charge in [0, 0.05) is 36.8 Å². The predicted molar refractivity (Wildman–Crippen MR) is 84.1 cm³/mol. The number of likely N-dealkylation sites (tertiary alicyclic amines) is 1. The van der Waals surface area contributed by atoms with Crippen molar-refractivity contribution in [3.63, 3.8) is 0 Å². The smallest absolute Gasteiger partial charge is 0.229 e. The molecule has 0 aromatic heterocycles. The molecular formula is C15H19BrN2O3. The number of benzene rings is 1. The Morgan fingerprint density at radius 2 is 2.29 bits per heavy atom. The lowest BCUT2D eigenvalue weighted by Crippen LogP contribution is -2.30. The average molecular weight is 355 g/mol. The van der Waals surface area contributed by atoms with Crippen LogP contribution in [0.3, 0.4) is 0 Å². The molecule has 0 aliphatic carbocycles. The van der Waals surface area contributed by atoms with Crippen molar-refractivity contribution >= 4 is 33.4 Å². The number of ether oxygens (including phenoxy) is 1. The minimum atomic E-state index is -0.293. The summed E-state index contributed by atoms with van der Waals surface area (Å²) >= 11 is 3.43. The van der Waals surface area contributed by atoms with Gasteiger partial charge in [-0.05, 0) is 30.7 Å². The highest BCUT2D eigenvalue weighted by molar-refractivity contribution is 9.10. The van der Waals surface area contributed by atoms with E-state index in [1.165, 1.54) is 0 Å². The van der Waals surface area contributed by atoms with Crippen molar-refractivity contribution in [2.45, 2.75) is 13.3 Å². The molecule has 1 fully saturated rings. The topological polar surface area (TPSA) is 58.6 Å². The second-order valence-electron chi connectivity index (χ2n) is 5.19. The maximum Gasteiger partial charge on any atom is 0.229 e. The van der Waals surface area contributed by atoms with Gasteiger partial charge in [0.15, 0.2) is 0 Å². The lowest BCUT2D eigenvalue weighted by atomic mass is 10.1. The van der Waals surface area contributed by atoms with Gasteiger partial charge in [-0.2, -0.15) is 0 Å². The summed E-state index contributed by atoms with van der Waals surface area (Å²) in [5, 5.41) is 2.88. The van der Waals surface area contributed by atoms with Crippen LogP contribution in [0.1, 0.15) is 12.0 Å². The molecule has 1 aromatic rings. The van der Waals surface area contributed by atoms with E-state index >= 15 is 0 Å². The largest absolute Gasteiger partial charge is 0.383 e. The Kier molecular flexibility index (Phi) is 5.36. The van der Waals surface area contributed by atoms with Crippen LogP contribution in [0.5, 0.6) is 0 Å². The molecule has 1 saturated heterocycles. The summed E-state index contributed by atoms with van der Waals surface area (Å²) in [6.45, 7) is 3.46. The molecule has 21 heavy (non-hydrogen) atoms. The summed E-state index contributed by atoms with van der Waals surface area (Å²) in [7, 11) is 1.60. The van der Waals surface area contributed by atoms with Gasteiger partial charge in [0.25, 0.3) is 0 Å². The van der Waals surface area contributed by atoms with Crippen molar-refractivity contribution < 1.29 is 14.3 Å². The molecule has 0 bridgehead atoms. The standard InChI is InChI=1S/C15H19BrN2O3/c1-10-7-12(3-4-13(10)16)17-15(20)11-8-14(19)18(9-11)5-6-21-2/h3-4,7,11H,5-6,8-9H2,1-2H3,(H,17,20). The Balaban J connectivity index is 1.95. The molecule has 2 amide bonds. The minimum Gasteiger partial charge on any atom is -0.383 e. The highest BCUT2D eigenvalue weighted by Gasteiger charge is 2.33. The Morgan fingerprint density at radius 3 is 2.95 bits per heavy atom.